The molecule has 3 heteroatoms. The number of ketones is 1. The minimum Gasteiger partial charge on any atom is -0.465 e. The van der Waals surface area contributed by atoms with E-state index in [0.717, 1.165) is 12.8 Å². The molecule has 92 valence electrons. The minimum absolute atomic E-state index is 0.0518. The lowest BCUT2D eigenvalue weighted by Gasteiger charge is -2.24. The van der Waals surface area contributed by atoms with Gasteiger partial charge in [-0.2, -0.15) is 0 Å². The van der Waals surface area contributed by atoms with Gasteiger partial charge in [0.2, 0.25) is 0 Å². The summed E-state index contributed by atoms with van der Waals surface area (Å²) in [5, 5.41) is 0. The minimum atomic E-state index is -0.525. The highest BCUT2D eigenvalue weighted by atomic mass is 16.5. The molecule has 0 aromatic carbocycles. The first kappa shape index (κ1) is 13.2. The third-order valence-corrected chi connectivity index (χ3v) is 3.36. The molecule has 3 nitrogen and oxygen atoms in total. The molecule has 1 saturated carbocycles. The lowest BCUT2D eigenvalue weighted by atomic mass is 9.82. The number of carbonyl (C=O) groups is 2. The molecule has 0 radical (unpaired) electrons. The zero-order valence-corrected chi connectivity index (χ0v) is 10.3. The number of hydrogen-bond donors (Lipinski definition) is 0. The normalized spacial score (nSPS) is 19.1. The molecule has 0 aromatic rings. The van der Waals surface area contributed by atoms with E-state index in [-0.39, 0.29) is 11.8 Å². The molecular weight excluding hydrogens is 204 g/mol. The zero-order chi connectivity index (χ0) is 12.0. The van der Waals surface area contributed by atoms with E-state index in [1.54, 1.807) is 6.92 Å². The summed E-state index contributed by atoms with van der Waals surface area (Å²) >= 11 is 0. The Hall–Kier alpha value is -0.860. The maximum Gasteiger partial charge on any atom is 0.316 e. The first-order valence-electron chi connectivity index (χ1n) is 6.32. The molecule has 0 saturated heterocycles. The monoisotopic (exact) mass is 226 g/mol. The van der Waals surface area contributed by atoms with E-state index in [4.69, 9.17) is 4.74 Å². The summed E-state index contributed by atoms with van der Waals surface area (Å²) in [7, 11) is 0. The molecule has 0 bridgehead atoms. The Balaban J connectivity index is 2.49. The highest BCUT2D eigenvalue weighted by Gasteiger charge is 2.28. The number of carbonyl (C=O) groups excluding carboxylic acids is 2. The second-order valence-corrected chi connectivity index (χ2v) is 4.66. The van der Waals surface area contributed by atoms with Crippen LogP contribution in [0.15, 0.2) is 0 Å². The van der Waals surface area contributed by atoms with Crippen molar-refractivity contribution in [3.05, 3.63) is 0 Å². The van der Waals surface area contributed by atoms with Gasteiger partial charge in [0.25, 0.3) is 0 Å². The van der Waals surface area contributed by atoms with Gasteiger partial charge >= 0.3 is 5.97 Å². The largest absolute Gasteiger partial charge is 0.465 e. The van der Waals surface area contributed by atoms with Crippen molar-refractivity contribution in [2.75, 3.05) is 6.61 Å². The third kappa shape index (κ3) is 3.95. The molecule has 0 aromatic heterocycles. The van der Waals surface area contributed by atoms with Gasteiger partial charge < -0.3 is 4.74 Å². The van der Waals surface area contributed by atoms with E-state index in [9.17, 15) is 9.59 Å². The van der Waals surface area contributed by atoms with Crippen molar-refractivity contribution < 1.29 is 14.3 Å². The van der Waals surface area contributed by atoms with Gasteiger partial charge in [-0.25, -0.2) is 0 Å². The molecule has 1 atom stereocenters. The number of Topliss-reactive ketones (excluding diaryl/α,β-unsaturated/α-hetero) is 1. The lowest BCUT2D eigenvalue weighted by Crippen LogP contribution is -2.27. The van der Waals surface area contributed by atoms with E-state index in [1.807, 2.05) is 0 Å². The van der Waals surface area contributed by atoms with Crippen LogP contribution in [0.25, 0.3) is 0 Å². The lowest BCUT2D eigenvalue weighted by molar-refractivity contribution is -0.152. The van der Waals surface area contributed by atoms with Gasteiger partial charge in [0, 0.05) is 0 Å². The Labute approximate surface area is 97.5 Å². The van der Waals surface area contributed by atoms with Crippen LogP contribution in [0.5, 0.6) is 0 Å². The summed E-state index contributed by atoms with van der Waals surface area (Å²) in [6, 6.07) is 0. The molecule has 0 heterocycles. The summed E-state index contributed by atoms with van der Waals surface area (Å²) in [4.78, 5) is 23.0. The number of ether oxygens (including phenoxy) is 1. The molecule has 1 rings (SSSR count). The third-order valence-electron chi connectivity index (χ3n) is 3.36. The maximum atomic E-state index is 11.6. The highest BCUT2D eigenvalue weighted by molar-refractivity contribution is 5.97. The van der Waals surface area contributed by atoms with Crippen LogP contribution >= 0.6 is 0 Å². The van der Waals surface area contributed by atoms with Crippen LogP contribution in [0.4, 0.5) is 0 Å². The van der Waals surface area contributed by atoms with Crippen molar-refractivity contribution in [1.29, 1.82) is 0 Å². The second-order valence-electron chi connectivity index (χ2n) is 4.66. The highest BCUT2D eigenvalue weighted by Crippen LogP contribution is 2.29. The van der Waals surface area contributed by atoms with Crippen LogP contribution in [0.2, 0.25) is 0 Å². The van der Waals surface area contributed by atoms with Crippen LogP contribution in [0.3, 0.4) is 0 Å². The van der Waals surface area contributed by atoms with Crippen LogP contribution in [-0.2, 0) is 14.3 Å². The number of rotatable bonds is 5. The fourth-order valence-corrected chi connectivity index (χ4v) is 2.43. The summed E-state index contributed by atoms with van der Waals surface area (Å²) in [6.45, 7) is 3.62. The fraction of sp³-hybridized carbons (Fsp3) is 0.846. The van der Waals surface area contributed by atoms with E-state index in [0.29, 0.717) is 18.9 Å². The molecule has 0 unspecified atom stereocenters. The van der Waals surface area contributed by atoms with Crippen LogP contribution in [0.1, 0.15) is 52.4 Å². The fourth-order valence-electron chi connectivity index (χ4n) is 2.43. The van der Waals surface area contributed by atoms with E-state index in [1.165, 1.54) is 26.2 Å². The van der Waals surface area contributed by atoms with E-state index >= 15 is 0 Å². The predicted octanol–water partition coefficient (Wildman–Crippen LogP) is 2.73. The van der Waals surface area contributed by atoms with Crippen molar-refractivity contribution in [3.63, 3.8) is 0 Å². The summed E-state index contributed by atoms with van der Waals surface area (Å²) in [5.41, 5.74) is 0. The van der Waals surface area contributed by atoms with Crippen molar-refractivity contribution in [1.82, 2.24) is 0 Å². The summed E-state index contributed by atoms with van der Waals surface area (Å²) < 4.78 is 4.95. The average Bonchev–Trinajstić information content (AvgIpc) is 2.27. The molecule has 1 aliphatic carbocycles. The molecule has 0 spiro atoms. The van der Waals surface area contributed by atoms with Gasteiger partial charge in [0.15, 0.2) is 0 Å². The van der Waals surface area contributed by atoms with E-state index < -0.39 is 5.92 Å². The van der Waals surface area contributed by atoms with Crippen LogP contribution in [-0.4, -0.2) is 18.4 Å². The van der Waals surface area contributed by atoms with Crippen molar-refractivity contribution in [3.8, 4) is 0 Å². The van der Waals surface area contributed by atoms with Gasteiger partial charge in [-0.1, -0.05) is 32.1 Å². The topological polar surface area (TPSA) is 43.4 Å². The Kier molecular flexibility index (Phi) is 5.50. The standard InChI is InChI=1S/C13H22O3/c1-3-16-13(15)12(10(2)14)9-11-7-5-4-6-8-11/h11-12H,3-9H2,1-2H3/t12-/m0/s1. The van der Waals surface area contributed by atoms with Gasteiger partial charge in [-0.05, 0) is 26.2 Å². The number of esters is 1. The van der Waals surface area contributed by atoms with Crippen molar-refractivity contribution in [2.45, 2.75) is 52.4 Å². The average molecular weight is 226 g/mol. The maximum absolute atomic E-state index is 11.6. The quantitative estimate of drug-likeness (QED) is 0.534. The molecule has 0 aliphatic heterocycles. The first-order valence-corrected chi connectivity index (χ1v) is 6.32. The van der Waals surface area contributed by atoms with Gasteiger partial charge in [0.1, 0.15) is 11.7 Å². The Morgan fingerprint density at radius 1 is 1.25 bits per heavy atom. The Morgan fingerprint density at radius 2 is 1.88 bits per heavy atom. The summed E-state index contributed by atoms with van der Waals surface area (Å²) in [5.74, 6) is -0.375. The molecule has 16 heavy (non-hydrogen) atoms. The zero-order valence-electron chi connectivity index (χ0n) is 10.3. The second kappa shape index (κ2) is 6.66. The SMILES string of the molecule is CCOC(=O)[C@@H](CC1CCCCC1)C(C)=O. The van der Waals surface area contributed by atoms with Gasteiger partial charge in [-0.3, -0.25) is 9.59 Å². The predicted molar refractivity (Wildman–Crippen MR) is 62.0 cm³/mol. The molecule has 1 fully saturated rings. The van der Waals surface area contributed by atoms with Crippen molar-refractivity contribution in [2.24, 2.45) is 11.8 Å². The van der Waals surface area contributed by atoms with Gasteiger partial charge in [0.05, 0.1) is 6.61 Å². The van der Waals surface area contributed by atoms with Crippen molar-refractivity contribution >= 4 is 11.8 Å². The van der Waals surface area contributed by atoms with E-state index in [2.05, 4.69) is 0 Å². The Morgan fingerprint density at radius 3 is 2.38 bits per heavy atom. The summed E-state index contributed by atoms with van der Waals surface area (Å²) in [6.07, 6.45) is 6.76. The molecule has 0 amide bonds. The molecule has 1 aliphatic rings. The van der Waals surface area contributed by atoms with Gasteiger partial charge in [-0.15, -0.1) is 0 Å². The smallest absolute Gasteiger partial charge is 0.316 e. The molecular formula is C13H22O3. The van der Waals surface area contributed by atoms with Crippen LogP contribution < -0.4 is 0 Å². The van der Waals surface area contributed by atoms with Crippen LogP contribution in [0, 0.1) is 11.8 Å². The Bertz CT molecular complexity index is 242. The number of hydrogen-bond acceptors (Lipinski definition) is 3. The first-order chi connectivity index (χ1) is 7.65. The molecule has 0 N–H and O–H groups in total.